The lowest BCUT2D eigenvalue weighted by Gasteiger charge is -2.36. The summed E-state index contributed by atoms with van der Waals surface area (Å²) in [4.78, 5) is 37.1. The summed E-state index contributed by atoms with van der Waals surface area (Å²) in [6, 6.07) is 3.46. The van der Waals surface area contributed by atoms with E-state index in [9.17, 15) is 9.59 Å². The van der Waals surface area contributed by atoms with E-state index >= 15 is 0 Å². The number of guanidine groups is 1. The second-order valence-electron chi connectivity index (χ2n) is 8.01. The van der Waals surface area contributed by atoms with Gasteiger partial charge in [0.05, 0.1) is 12.3 Å². The van der Waals surface area contributed by atoms with Crippen LogP contribution in [0.4, 0.5) is 0 Å². The Bertz CT molecular complexity index is 731. The molecular formula is C21H35IN6O3. The van der Waals surface area contributed by atoms with Crippen LogP contribution in [0.5, 0.6) is 0 Å². The van der Waals surface area contributed by atoms with E-state index in [0.717, 1.165) is 57.9 Å². The van der Waals surface area contributed by atoms with Crippen LogP contribution in [0.25, 0.3) is 0 Å². The van der Waals surface area contributed by atoms with Crippen LogP contribution in [0.3, 0.4) is 0 Å². The molecule has 2 aliphatic heterocycles. The number of amides is 2. The summed E-state index contributed by atoms with van der Waals surface area (Å²) in [6.45, 7) is 5.45. The number of halogens is 1. The Labute approximate surface area is 201 Å². The van der Waals surface area contributed by atoms with Gasteiger partial charge in [-0.2, -0.15) is 0 Å². The predicted molar refractivity (Wildman–Crippen MR) is 131 cm³/mol. The van der Waals surface area contributed by atoms with Crippen molar-refractivity contribution >= 4 is 41.8 Å². The normalized spacial score (nSPS) is 19.8. The average Bonchev–Trinajstić information content (AvgIpc) is 3.45. The van der Waals surface area contributed by atoms with E-state index in [4.69, 9.17) is 4.42 Å². The number of furan rings is 1. The number of hydrogen-bond donors (Lipinski definition) is 1. The molecule has 10 heteroatoms. The summed E-state index contributed by atoms with van der Waals surface area (Å²) in [5, 5.41) is 3.43. The number of carbonyl (C=O) groups excluding carboxylic acids is 2. The Hall–Kier alpha value is -1.82. The monoisotopic (exact) mass is 546 g/mol. The highest BCUT2D eigenvalue weighted by Crippen LogP contribution is 2.18. The van der Waals surface area contributed by atoms with E-state index in [1.807, 2.05) is 19.0 Å². The Morgan fingerprint density at radius 3 is 2.52 bits per heavy atom. The summed E-state index contributed by atoms with van der Waals surface area (Å²) < 4.78 is 5.22. The zero-order valence-electron chi connectivity index (χ0n) is 18.7. The minimum Gasteiger partial charge on any atom is -0.459 e. The van der Waals surface area contributed by atoms with E-state index in [2.05, 4.69) is 20.1 Å². The maximum atomic E-state index is 12.4. The second-order valence-corrected chi connectivity index (χ2v) is 8.01. The van der Waals surface area contributed by atoms with E-state index < -0.39 is 0 Å². The summed E-state index contributed by atoms with van der Waals surface area (Å²) in [5.41, 5.74) is 0. The molecule has 0 aliphatic carbocycles. The largest absolute Gasteiger partial charge is 0.459 e. The van der Waals surface area contributed by atoms with Gasteiger partial charge >= 0.3 is 0 Å². The van der Waals surface area contributed by atoms with Crippen LogP contribution in [0.15, 0.2) is 27.8 Å². The van der Waals surface area contributed by atoms with Crippen LogP contribution in [0.2, 0.25) is 0 Å². The van der Waals surface area contributed by atoms with Gasteiger partial charge < -0.3 is 24.4 Å². The molecule has 0 saturated carbocycles. The van der Waals surface area contributed by atoms with Crippen molar-refractivity contribution in [2.24, 2.45) is 4.99 Å². The number of piperazine rings is 1. The molecule has 0 bridgehead atoms. The molecule has 0 spiro atoms. The molecule has 9 nitrogen and oxygen atoms in total. The highest BCUT2D eigenvalue weighted by molar-refractivity contribution is 14.0. The van der Waals surface area contributed by atoms with Gasteiger partial charge in [0.1, 0.15) is 0 Å². The first-order valence-corrected chi connectivity index (χ1v) is 10.7. The lowest BCUT2D eigenvalue weighted by Crippen LogP contribution is -2.54. The molecule has 1 atom stereocenters. The van der Waals surface area contributed by atoms with Crippen molar-refractivity contribution in [2.75, 3.05) is 67.0 Å². The first-order valence-electron chi connectivity index (χ1n) is 10.7. The van der Waals surface area contributed by atoms with Gasteiger partial charge in [-0.3, -0.25) is 19.5 Å². The SMILES string of the molecule is CN=C(NCCCN1CCCC1C(=O)N(C)C)N1CCN(C(=O)c2ccco2)CC1.I. The molecule has 2 saturated heterocycles. The molecule has 1 unspecified atom stereocenters. The summed E-state index contributed by atoms with van der Waals surface area (Å²) in [5.74, 6) is 1.40. The van der Waals surface area contributed by atoms with E-state index in [-0.39, 0.29) is 41.8 Å². The number of carbonyl (C=O) groups is 2. The van der Waals surface area contributed by atoms with Gasteiger partial charge in [-0.15, -0.1) is 24.0 Å². The fourth-order valence-corrected chi connectivity index (χ4v) is 4.16. The molecule has 2 aliphatic rings. The van der Waals surface area contributed by atoms with Crippen LogP contribution < -0.4 is 5.32 Å². The van der Waals surface area contributed by atoms with E-state index in [0.29, 0.717) is 18.8 Å². The molecule has 3 rings (SSSR count). The van der Waals surface area contributed by atoms with Crippen LogP contribution in [0, 0.1) is 0 Å². The first kappa shape index (κ1) is 25.4. The maximum absolute atomic E-state index is 12.4. The van der Waals surface area contributed by atoms with Gasteiger partial charge in [0, 0.05) is 60.4 Å². The zero-order chi connectivity index (χ0) is 21.5. The number of aliphatic imine (C=N–C) groups is 1. The standard InChI is InChI=1S/C21H34N6O3.HI/c1-22-21(23-9-6-11-25-10-4-7-17(25)19(28)24(2)3)27-14-12-26(13-15-27)20(29)18-8-5-16-30-18;/h5,8,16-17H,4,6-7,9-15H2,1-3H3,(H,22,23);1H. The Morgan fingerprint density at radius 2 is 1.90 bits per heavy atom. The Balaban J connectivity index is 0.00000341. The molecule has 0 aromatic carbocycles. The third kappa shape index (κ3) is 6.58. The molecule has 3 heterocycles. The molecule has 0 radical (unpaired) electrons. The topological polar surface area (TPSA) is 84.6 Å². The minimum atomic E-state index is -0.0602. The van der Waals surface area contributed by atoms with Gasteiger partial charge in [-0.25, -0.2) is 0 Å². The molecule has 2 fully saturated rings. The maximum Gasteiger partial charge on any atom is 0.289 e. The molecule has 1 N–H and O–H groups in total. The summed E-state index contributed by atoms with van der Waals surface area (Å²) in [7, 11) is 5.44. The van der Waals surface area contributed by atoms with Crippen LogP contribution >= 0.6 is 24.0 Å². The minimum absolute atomic E-state index is 0. The Morgan fingerprint density at radius 1 is 1.19 bits per heavy atom. The summed E-state index contributed by atoms with van der Waals surface area (Å²) in [6.07, 6.45) is 4.51. The molecule has 1 aromatic heterocycles. The van der Waals surface area contributed by atoms with Crippen molar-refractivity contribution in [3.8, 4) is 0 Å². The molecular weight excluding hydrogens is 511 g/mol. The molecule has 2 amide bonds. The van der Waals surface area contributed by atoms with E-state index in [1.165, 1.54) is 6.26 Å². The lowest BCUT2D eigenvalue weighted by molar-refractivity contribution is -0.133. The lowest BCUT2D eigenvalue weighted by atomic mass is 10.2. The van der Waals surface area contributed by atoms with Crippen LogP contribution in [-0.4, -0.2) is 110 Å². The van der Waals surface area contributed by atoms with Crippen molar-refractivity contribution < 1.29 is 14.0 Å². The molecule has 1 aromatic rings. The van der Waals surface area contributed by atoms with Crippen molar-refractivity contribution in [1.29, 1.82) is 0 Å². The van der Waals surface area contributed by atoms with Gasteiger partial charge in [0.15, 0.2) is 11.7 Å². The van der Waals surface area contributed by atoms with Gasteiger partial charge in [0.25, 0.3) is 5.91 Å². The smallest absolute Gasteiger partial charge is 0.289 e. The summed E-state index contributed by atoms with van der Waals surface area (Å²) >= 11 is 0. The number of hydrogen-bond acceptors (Lipinski definition) is 5. The predicted octanol–water partition coefficient (Wildman–Crippen LogP) is 1.17. The fraction of sp³-hybridized carbons (Fsp3) is 0.667. The van der Waals surface area contributed by atoms with Gasteiger partial charge in [0.2, 0.25) is 5.91 Å². The molecule has 174 valence electrons. The number of rotatable bonds is 6. The number of nitrogens with zero attached hydrogens (tertiary/aromatic N) is 5. The average molecular weight is 546 g/mol. The number of nitrogens with one attached hydrogen (secondary N) is 1. The fourth-order valence-electron chi connectivity index (χ4n) is 4.16. The number of likely N-dealkylation sites (N-methyl/N-ethyl adjacent to an activating group) is 1. The number of likely N-dealkylation sites (tertiary alicyclic amines) is 1. The van der Waals surface area contributed by atoms with Crippen molar-refractivity contribution in [3.05, 3.63) is 24.2 Å². The highest BCUT2D eigenvalue weighted by Gasteiger charge is 2.31. The Kier molecular flexibility index (Phi) is 10.1. The van der Waals surface area contributed by atoms with Crippen molar-refractivity contribution in [1.82, 2.24) is 24.9 Å². The third-order valence-corrected chi connectivity index (χ3v) is 5.80. The van der Waals surface area contributed by atoms with Crippen molar-refractivity contribution in [3.63, 3.8) is 0 Å². The highest BCUT2D eigenvalue weighted by atomic mass is 127. The second kappa shape index (κ2) is 12.3. The van der Waals surface area contributed by atoms with Gasteiger partial charge in [-0.05, 0) is 37.9 Å². The zero-order valence-corrected chi connectivity index (χ0v) is 21.1. The van der Waals surface area contributed by atoms with E-state index in [1.54, 1.807) is 24.1 Å². The third-order valence-electron chi connectivity index (χ3n) is 5.80. The van der Waals surface area contributed by atoms with Crippen LogP contribution in [-0.2, 0) is 4.79 Å². The first-order chi connectivity index (χ1) is 14.5. The molecule has 31 heavy (non-hydrogen) atoms. The van der Waals surface area contributed by atoms with Crippen LogP contribution in [0.1, 0.15) is 29.8 Å². The van der Waals surface area contributed by atoms with Crippen molar-refractivity contribution in [2.45, 2.75) is 25.3 Å². The quantitative estimate of drug-likeness (QED) is 0.250. The van der Waals surface area contributed by atoms with Gasteiger partial charge in [-0.1, -0.05) is 0 Å².